The standard InChI is InChI=1S/C11H13FN2O5S2/c12-9-3-1-2-4-10(9)21(18,19)14-13-11(15)8-5-6-20(16,17)7-8/h1-4,8,14H,5-7H2,(H,13,15)/t8-/m1/s1. The maximum atomic E-state index is 13.4. The number of hydrogen-bond donors (Lipinski definition) is 2. The molecule has 0 aromatic heterocycles. The minimum Gasteiger partial charge on any atom is -0.277 e. The Hall–Kier alpha value is -1.52. The molecule has 1 heterocycles. The van der Waals surface area contributed by atoms with Gasteiger partial charge in [0.1, 0.15) is 10.7 Å². The fourth-order valence-electron chi connectivity index (χ4n) is 1.94. The van der Waals surface area contributed by atoms with Crippen LogP contribution in [0.15, 0.2) is 29.2 Å². The molecule has 1 amide bonds. The van der Waals surface area contributed by atoms with Crippen molar-refractivity contribution in [1.29, 1.82) is 0 Å². The molecule has 1 aliphatic rings. The molecule has 2 N–H and O–H groups in total. The van der Waals surface area contributed by atoms with E-state index < -0.39 is 42.4 Å². The Balaban J connectivity index is 2.03. The molecule has 21 heavy (non-hydrogen) atoms. The van der Waals surface area contributed by atoms with Gasteiger partial charge in [0.25, 0.3) is 10.0 Å². The van der Waals surface area contributed by atoms with Gasteiger partial charge in [0.15, 0.2) is 9.84 Å². The highest BCUT2D eigenvalue weighted by atomic mass is 32.2. The zero-order valence-electron chi connectivity index (χ0n) is 10.7. The molecular formula is C11H13FN2O5S2. The van der Waals surface area contributed by atoms with Gasteiger partial charge >= 0.3 is 0 Å². The number of halogens is 1. The molecule has 0 radical (unpaired) electrons. The Bertz CT molecular complexity index is 761. The SMILES string of the molecule is O=C(NNS(=O)(=O)c1ccccc1F)[C@@H]1CCS(=O)(=O)C1. The Morgan fingerprint density at radius 3 is 2.52 bits per heavy atom. The molecule has 1 saturated heterocycles. The molecule has 116 valence electrons. The highest BCUT2D eigenvalue weighted by Crippen LogP contribution is 2.18. The van der Waals surface area contributed by atoms with Crippen molar-refractivity contribution in [2.45, 2.75) is 11.3 Å². The summed E-state index contributed by atoms with van der Waals surface area (Å²) in [6.07, 6.45) is 0.135. The lowest BCUT2D eigenvalue weighted by molar-refractivity contribution is -0.124. The fourth-order valence-corrected chi connectivity index (χ4v) is 4.61. The van der Waals surface area contributed by atoms with Gasteiger partial charge in [-0.3, -0.25) is 10.2 Å². The van der Waals surface area contributed by atoms with Gasteiger partial charge in [-0.05, 0) is 18.6 Å². The van der Waals surface area contributed by atoms with E-state index in [1.165, 1.54) is 12.1 Å². The van der Waals surface area contributed by atoms with E-state index in [1.807, 2.05) is 5.43 Å². The lowest BCUT2D eigenvalue weighted by Crippen LogP contribution is -2.44. The average Bonchev–Trinajstić information content (AvgIpc) is 2.77. The summed E-state index contributed by atoms with van der Waals surface area (Å²) in [5.74, 6) is -2.94. The third-order valence-electron chi connectivity index (χ3n) is 3.04. The summed E-state index contributed by atoms with van der Waals surface area (Å²) >= 11 is 0. The molecule has 0 aliphatic carbocycles. The van der Waals surface area contributed by atoms with E-state index >= 15 is 0 Å². The number of nitrogens with one attached hydrogen (secondary N) is 2. The lowest BCUT2D eigenvalue weighted by atomic mass is 10.1. The monoisotopic (exact) mass is 336 g/mol. The van der Waals surface area contributed by atoms with Crippen LogP contribution in [0.1, 0.15) is 6.42 Å². The van der Waals surface area contributed by atoms with Crippen molar-refractivity contribution in [1.82, 2.24) is 10.3 Å². The van der Waals surface area contributed by atoms with E-state index in [9.17, 15) is 26.0 Å². The van der Waals surface area contributed by atoms with Crippen molar-refractivity contribution in [3.63, 3.8) is 0 Å². The van der Waals surface area contributed by atoms with Crippen molar-refractivity contribution in [2.75, 3.05) is 11.5 Å². The topological polar surface area (TPSA) is 109 Å². The Kier molecular flexibility index (Phi) is 4.30. The van der Waals surface area contributed by atoms with Crippen molar-refractivity contribution >= 4 is 25.8 Å². The van der Waals surface area contributed by atoms with E-state index in [1.54, 1.807) is 4.83 Å². The van der Waals surface area contributed by atoms with Crippen LogP contribution in [0.2, 0.25) is 0 Å². The molecule has 0 saturated carbocycles. The van der Waals surface area contributed by atoms with Crippen LogP contribution in [0.25, 0.3) is 0 Å². The van der Waals surface area contributed by atoms with Gasteiger partial charge in [-0.2, -0.15) is 0 Å². The normalized spacial score (nSPS) is 21.1. The van der Waals surface area contributed by atoms with Gasteiger partial charge in [0.05, 0.1) is 17.4 Å². The first-order chi connectivity index (χ1) is 9.71. The number of hydrogen-bond acceptors (Lipinski definition) is 5. The predicted octanol–water partition coefficient (Wildman–Crippen LogP) is -0.430. The smallest absolute Gasteiger partial charge is 0.260 e. The highest BCUT2D eigenvalue weighted by molar-refractivity contribution is 7.91. The first-order valence-electron chi connectivity index (χ1n) is 5.98. The first kappa shape index (κ1) is 15.9. The van der Waals surface area contributed by atoms with Crippen LogP contribution in [0.4, 0.5) is 4.39 Å². The number of benzene rings is 1. The predicted molar refractivity (Wildman–Crippen MR) is 71.6 cm³/mol. The van der Waals surface area contributed by atoms with Gasteiger partial charge in [0.2, 0.25) is 5.91 Å². The molecule has 7 nitrogen and oxygen atoms in total. The summed E-state index contributed by atoms with van der Waals surface area (Å²) in [7, 11) is -7.50. The molecule has 2 rings (SSSR count). The Labute approximate surface area is 121 Å². The third kappa shape index (κ3) is 3.77. The van der Waals surface area contributed by atoms with E-state index in [4.69, 9.17) is 0 Å². The van der Waals surface area contributed by atoms with Crippen LogP contribution >= 0.6 is 0 Å². The third-order valence-corrected chi connectivity index (χ3v) is 6.09. The van der Waals surface area contributed by atoms with Crippen molar-refractivity contribution in [3.05, 3.63) is 30.1 Å². The van der Waals surface area contributed by atoms with Gasteiger partial charge in [0, 0.05) is 0 Å². The molecule has 1 aliphatic heterocycles. The van der Waals surface area contributed by atoms with Crippen molar-refractivity contribution in [2.24, 2.45) is 5.92 Å². The van der Waals surface area contributed by atoms with E-state index in [-0.39, 0.29) is 17.9 Å². The second-order valence-corrected chi connectivity index (χ2v) is 8.50. The number of hydrazine groups is 1. The second-order valence-electron chi connectivity index (χ2n) is 4.63. The van der Waals surface area contributed by atoms with E-state index in [2.05, 4.69) is 0 Å². The summed E-state index contributed by atoms with van der Waals surface area (Å²) in [6, 6.07) is 4.68. The van der Waals surface area contributed by atoms with Crippen LogP contribution in [0, 0.1) is 11.7 Å². The molecular weight excluding hydrogens is 323 g/mol. The van der Waals surface area contributed by atoms with Crippen LogP contribution in [0.5, 0.6) is 0 Å². The van der Waals surface area contributed by atoms with Gasteiger partial charge in [-0.1, -0.05) is 12.1 Å². The largest absolute Gasteiger partial charge is 0.277 e. The van der Waals surface area contributed by atoms with Crippen LogP contribution in [-0.4, -0.2) is 34.2 Å². The lowest BCUT2D eigenvalue weighted by Gasteiger charge is -2.11. The highest BCUT2D eigenvalue weighted by Gasteiger charge is 2.33. The van der Waals surface area contributed by atoms with Crippen LogP contribution in [-0.2, 0) is 24.7 Å². The Morgan fingerprint density at radius 2 is 1.95 bits per heavy atom. The number of sulfone groups is 1. The zero-order chi connectivity index (χ0) is 15.7. The minimum atomic E-state index is -4.25. The number of sulfonamides is 1. The molecule has 1 aromatic rings. The maximum Gasteiger partial charge on any atom is 0.260 e. The Morgan fingerprint density at radius 1 is 1.29 bits per heavy atom. The molecule has 1 aromatic carbocycles. The van der Waals surface area contributed by atoms with Crippen LogP contribution in [0.3, 0.4) is 0 Å². The summed E-state index contributed by atoms with van der Waals surface area (Å²) in [5.41, 5.74) is 1.92. The molecule has 0 unspecified atom stereocenters. The molecule has 0 bridgehead atoms. The van der Waals surface area contributed by atoms with Crippen molar-refractivity contribution < 1.29 is 26.0 Å². The maximum absolute atomic E-state index is 13.4. The summed E-state index contributed by atoms with van der Waals surface area (Å²) < 4.78 is 59.5. The van der Waals surface area contributed by atoms with Gasteiger partial charge in [-0.25, -0.2) is 21.2 Å². The quantitative estimate of drug-likeness (QED) is 0.725. The van der Waals surface area contributed by atoms with Crippen LogP contribution < -0.4 is 10.3 Å². The number of amides is 1. The average molecular weight is 336 g/mol. The molecule has 1 fully saturated rings. The number of carbonyl (C=O) groups excluding carboxylic acids is 1. The summed E-state index contributed by atoms with van der Waals surface area (Å²) in [4.78, 5) is 12.9. The van der Waals surface area contributed by atoms with E-state index in [0.29, 0.717) is 0 Å². The minimum absolute atomic E-state index is 0.106. The summed E-state index contributed by atoms with van der Waals surface area (Å²) in [5, 5.41) is 0. The van der Waals surface area contributed by atoms with Gasteiger partial charge in [-0.15, -0.1) is 4.83 Å². The fraction of sp³-hybridized carbons (Fsp3) is 0.364. The van der Waals surface area contributed by atoms with E-state index in [0.717, 1.165) is 12.1 Å². The number of rotatable bonds is 4. The molecule has 0 spiro atoms. The molecule has 10 heteroatoms. The summed E-state index contributed by atoms with van der Waals surface area (Å²) in [6.45, 7) is 0. The second kappa shape index (κ2) is 5.70. The molecule has 1 atom stereocenters. The first-order valence-corrected chi connectivity index (χ1v) is 9.28. The zero-order valence-corrected chi connectivity index (χ0v) is 12.4. The number of carbonyl (C=O) groups is 1. The van der Waals surface area contributed by atoms with Gasteiger partial charge < -0.3 is 0 Å². The van der Waals surface area contributed by atoms with Crippen molar-refractivity contribution in [3.8, 4) is 0 Å².